The molecule has 0 saturated heterocycles. The summed E-state index contributed by atoms with van der Waals surface area (Å²) in [5.41, 5.74) is 5.27. The molecular weight excluding hydrogens is 778 g/mol. The Bertz CT molecular complexity index is 1390. The fourth-order valence-electron chi connectivity index (χ4n) is 6.29. The first-order chi connectivity index (χ1) is 28.2. The highest BCUT2D eigenvalue weighted by Gasteiger charge is 2.33. The van der Waals surface area contributed by atoms with Gasteiger partial charge >= 0.3 is 11.9 Å². The molecule has 0 aliphatic heterocycles. The summed E-state index contributed by atoms with van der Waals surface area (Å²) in [6.45, 7) is 11.8. The van der Waals surface area contributed by atoms with Crippen molar-refractivity contribution >= 4 is 53.3 Å². The van der Waals surface area contributed by atoms with Crippen LogP contribution in [0.25, 0.3) is 0 Å². The Labute approximate surface area is 355 Å². The highest BCUT2D eigenvalue weighted by molar-refractivity contribution is 5.97. The molecule has 344 valence electrons. The van der Waals surface area contributed by atoms with Crippen LogP contribution >= 0.6 is 0 Å². The molecule has 0 aromatic carbocycles. The largest absolute Gasteiger partial charge is 0.481 e. The van der Waals surface area contributed by atoms with Gasteiger partial charge in [-0.25, -0.2) is 0 Å². The van der Waals surface area contributed by atoms with Crippen molar-refractivity contribution < 1.29 is 53.4 Å². The predicted octanol–water partition coefficient (Wildman–Crippen LogP) is 2.94. The minimum absolute atomic E-state index is 0.250. The summed E-state index contributed by atoms with van der Waals surface area (Å²) >= 11 is 0. The summed E-state index contributed by atoms with van der Waals surface area (Å²) in [5, 5.41) is 33.1. The van der Waals surface area contributed by atoms with Crippen LogP contribution in [0.5, 0.6) is 0 Å². The van der Waals surface area contributed by atoms with Crippen molar-refractivity contribution in [1.29, 1.82) is 0 Å². The van der Waals surface area contributed by atoms with Gasteiger partial charge in [-0.15, -0.1) is 0 Å². The van der Waals surface area contributed by atoms with Crippen molar-refractivity contribution in [2.24, 2.45) is 17.6 Å². The summed E-state index contributed by atoms with van der Waals surface area (Å²) in [4.78, 5) is 112. The van der Waals surface area contributed by atoms with Gasteiger partial charge in [0.25, 0.3) is 0 Å². The molecule has 1 unspecified atom stereocenters. The maximum Gasteiger partial charge on any atom is 0.303 e. The number of nitrogens with one attached hydrogen (secondary N) is 6. The topological polar surface area (TPSA) is 292 Å². The normalized spacial score (nSPS) is 14.2. The Morgan fingerprint density at radius 3 is 1.23 bits per heavy atom. The molecule has 18 heteroatoms. The van der Waals surface area contributed by atoms with Gasteiger partial charge in [0.1, 0.15) is 36.3 Å². The van der Waals surface area contributed by atoms with Crippen molar-refractivity contribution in [1.82, 2.24) is 31.9 Å². The van der Waals surface area contributed by atoms with E-state index in [0.717, 1.165) is 19.3 Å². The molecule has 0 saturated carbocycles. The zero-order valence-electron chi connectivity index (χ0n) is 37.0. The molecule has 0 aromatic heterocycles. The van der Waals surface area contributed by atoms with Crippen LogP contribution in [0.3, 0.4) is 0 Å². The molecule has 0 aliphatic carbocycles. The third-order valence-corrected chi connectivity index (χ3v) is 10.1. The molecule has 18 nitrogen and oxygen atoms in total. The summed E-state index contributed by atoms with van der Waals surface area (Å²) in [7, 11) is 0. The number of carbonyl (C=O) groups excluding carboxylic acids is 7. The number of nitrogens with two attached hydrogens (primary N) is 1. The molecule has 0 heterocycles. The van der Waals surface area contributed by atoms with E-state index in [1.165, 1.54) is 71.6 Å². The number of primary amides is 1. The van der Waals surface area contributed by atoms with Gasteiger partial charge in [0, 0.05) is 19.3 Å². The number of amides is 7. The number of carboxylic acids is 2. The molecule has 60 heavy (non-hydrogen) atoms. The van der Waals surface area contributed by atoms with Crippen LogP contribution in [0.2, 0.25) is 0 Å². The van der Waals surface area contributed by atoms with E-state index in [-0.39, 0.29) is 24.7 Å². The van der Waals surface area contributed by atoms with Crippen LogP contribution in [0.1, 0.15) is 164 Å². The molecule has 7 amide bonds. The highest BCUT2D eigenvalue weighted by Crippen LogP contribution is 2.14. The Kier molecular flexibility index (Phi) is 28.7. The van der Waals surface area contributed by atoms with Gasteiger partial charge in [0.2, 0.25) is 41.4 Å². The maximum atomic E-state index is 13.4. The molecule has 0 fully saturated rings. The standard InChI is InChI=1S/C42H75N7O11/c1-8-9-10-11-12-13-14-15-16-17-18-19-20-21-32(50)48-35(26(2)3)42(60)49-36(27(4)5)41(59)45-28(6)38(56)44-29(7)39(57)47-31(23-25-34(53)54)40(58)46-30(37(43)55)22-24-33(51)52/h26-31,35-36H,8-25H2,1-7H3,(H2,43,55)(H,44,56)(H,45,59)(H,46,58)(H,47,57)(H,48,50)(H,49,60)(H,51,52)(H,53,54)/t28-,29-,30-,31-,35-,36?/m0/s1. The van der Waals surface area contributed by atoms with Gasteiger partial charge in [-0.2, -0.15) is 0 Å². The third kappa shape index (κ3) is 25.0. The molecule has 0 rings (SSSR count). The number of unbranched alkanes of at least 4 members (excludes halogenated alkanes) is 12. The van der Waals surface area contributed by atoms with Crippen LogP contribution in [0.4, 0.5) is 0 Å². The first-order valence-electron chi connectivity index (χ1n) is 21.8. The van der Waals surface area contributed by atoms with Crippen LogP contribution in [-0.4, -0.2) is 99.8 Å². The minimum atomic E-state index is -1.49. The average molecular weight is 854 g/mol. The molecule has 0 bridgehead atoms. The molecule has 0 radical (unpaired) electrons. The molecule has 10 N–H and O–H groups in total. The lowest BCUT2D eigenvalue weighted by molar-refractivity contribution is -0.139. The van der Waals surface area contributed by atoms with Crippen LogP contribution in [0, 0.1) is 11.8 Å². The van der Waals surface area contributed by atoms with Crippen LogP contribution in [0.15, 0.2) is 0 Å². The molecular formula is C42H75N7O11. The van der Waals surface area contributed by atoms with Crippen molar-refractivity contribution in [2.75, 3.05) is 0 Å². The number of carbonyl (C=O) groups is 9. The first-order valence-corrected chi connectivity index (χ1v) is 21.8. The van der Waals surface area contributed by atoms with E-state index in [0.29, 0.717) is 6.42 Å². The molecule has 6 atom stereocenters. The lowest BCUT2D eigenvalue weighted by Gasteiger charge is -2.28. The summed E-state index contributed by atoms with van der Waals surface area (Å²) in [6.07, 6.45) is 13.9. The second kappa shape index (κ2) is 31.2. The van der Waals surface area contributed by atoms with Crippen LogP contribution in [-0.2, 0) is 43.2 Å². The van der Waals surface area contributed by atoms with Gasteiger partial charge in [0.15, 0.2) is 0 Å². The smallest absolute Gasteiger partial charge is 0.303 e. The summed E-state index contributed by atoms with van der Waals surface area (Å²) in [5.74, 6) is -8.46. The molecule has 0 spiro atoms. The molecule has 0 aromatic rings. The zero-order chi connectivity index (χ0) is 45.8. The first kappa shape index (κ1) is 55.2. The SMILES string of the molecule is CCCCCCCCCCCCCCCC(=O)N[C@H](C(=O)NC(C(=O)N[C@@H](C)C(=O)N[C@@H](C)C(=O)N[C@@H](CCC(=O)O)C(=O)N[C@@H](CCC(=O)O)C(N)=O)C(C)C)C(C)C. The zero-order valence-corrected chi connectivity index (χ0v) is 37.0. The van der Waals surface area contributed by atoms with Crippen molar-refractivity contribution in [3.63, 3.8) is 0 Å². The van der Waals surface area contributed by atoms with E-state index in [2.05, 4.69) is 38.8 Å². The van der Waals surface area contributed by atoms with Gasteiger partial charge < -0.3 is 47.8 Å². The third-order valence-electron chi connectivity index (χ3n) is 10.1. The van der Waals surface area contributed by atoms with Gasteiger partial charge in [-0.05, 0) is 44.9 Å². The fourth-order valence-corrected chi connectivity index (χ4v) is 6.29. The fraction of sp³-hybridized carbons (Fsp3) is 0.786. The second-order valence-corrected chi connectivity index (χ2v) is 16.4. The maximum absolute atomic E-state index is 13.4. The van der Waals surface area contributed by atoms with E-state index in [4.69, 9.17) is 15.9 Å². The predicted molar refractivity (Wildman–Crippen MR) is 226 cm³/mol. The van der Waals surface area contributed by atoms with Gasteiger partial charge in [0.05, 0.1) is 0 Å². The summed E-state index contributed by atoms with van der Waals surface area (Å²) < 4.78 is 0. The Morgan fingerprint density at radius 2 is 0.800 bits per heavy atom. The lowest BCUT2D eigenvalue weighted by Crippen LogP contribution is -2.60. The lowest BCUT2D eigenvalue weighted by atomic mass is 9.99. The van der Waals surface area contributed by atoms with Crippen molar-refractivity contribution in [2.45, 2.75) is 200 Å². The highest BCUT2D eigenvalue weighted by atomic mass is 16.4. The summed E-state index contributed by atoms with van der Waals surface area (Å²) in [6, 6.07) is -7.39. The van der Waals surface area contributed by atoms with E-state index in [1.807, 2.05) is 0 Å². The number of hydrogen-bond donors (Lipinski definition) is 9. The average Bonchev–Trinajstić information content (AvgIpc) is 3.16. The van der Waals surface area contributed by atoms with Gasteiger partial charge in [-0.1, -0.05) is 112 Å². The minimum Gasteiger partial charge on any atom is -0.481 e. The Balaban J connectivity index is 5.15. The number of hydrogen-bond acceptors (Lipinski definition) is 9. The van der Waals surface area contributed by atoms with Crippen molar-refractivity contribution in [3.05, 3.63) is 0 Å². The van der Waals surface area contributed by atoms with Gasteiger partial charge in [-0.3, -0.25) is 43.2 Å². The Hall–Kier alpha value is -4.77. The number of aliphatic carboxylic acids is 2. The second-order valence-electron chi connectivity index (χ2n) is 16.4. The monoisotopic (exact) mass is 854 g/mol. The van der Waals surface area contributed by atoms with E-state index in [1.54, 1.807) is 27.7 Å². The number of carboxylic acid groups (broad SMARTS) is 2. The quantitative estimate of drug-likeness (QED) is 0.0424. The molecule has 0 aliphatic rings. The van der Waals surface area contributed by atoms with E-state index < -0.39 is 109 Å². The van der Waals surface area contributed by atoms with Crippen LogP contribution < -0.4 is 37.6 Å². The van der Waals surface area contributed by atoms with Crippen molar-refractivity contribution in [3.8, 4) is 0 Å². The van der Waals surface area contributed by atoms with E-state index >= 15 is 0 Å². The Morgan fingerprint density at radius 1 is 0.433 bits per heavy atom. The number of rotatable bonds is 34. The van der Waals surface area contributed by atoms with E-state index in [9.17, 15) is 43.2 Å².